The van der Waals surface area contributed by atoms with Crippen molar-refractivity contribution in [1.82, 2.24) is 5.32 Å². The number of nitrogens with one attached hydrogen (secondary N) is 1. The number of nitro benzene ring substituents is 1. The molecule has 2 aromatic rings. The van der Waals surface area contributed by atoms with Crippen molar-refractivity contribution < 1.29 is 14.5 Å². The van der Waals surface area contributed by atoms with E-state index in [9.17, 15) is 14.9 Å². The molecule has 0 spiro atoms. The van der Waals surface area contributed by atoms with Crippen LogP contribution in [0.5, 0.6) is 5.75 Å². The second-order valence-corrected chi connectivity index (χ2v) is 6.38. The second-order valence-electron chi connectivity index (χ2n) is 5.95. The predicted molar refractivity (Wildman–Crippen MR) is 93.7 cm³/mol. The zero-order valence-electron chi connectivity index (χ0n) is 13.4. The van der Waals surface area contributed by atoms with Gasteiger partial charge in [-0.1, -0.05) is 35.9 Å². The number of carbonyl (C=O) groups excluding carboxylic acids is 1. The Hall–Kier alpha value is -2.60. The van der Waals surface area contributed by atoms with Gasteiger partial charge in [-0.05, 0) is 42.5 Å². The number of halogens is 1. The Morgan fingerprint density at radius 3 is 2.56 bits per heavy atom. The van der Waals surface area contributed by atoms with Gasteiger partial charge in [-0.15, -0.1) is 0 Å². The zero-order chi connectivity index (χ0) is 17.8. The summed E-state index contributed by atoms with van der Waals surface area (Å²) in [5, 5.41) is 14.6. The van der Waals surface area contributed by atoms with Crippen molar-refractivity contribution >= 4 is 23.2 Å². The average molecular weight is 361 g/mol. The molecule has 0 aromatic heterocycles. The van der Waals surface area contributed by atoms with E-state index in [1.807, 2.05) is 12.1 Å². The summed E-state index contributed by atoms with van der Waals surface area (Å²) in [6.07, 6.45) is 2.11. The lowest BCUT2D eigenvalue weighted by Crippen LogP contribution is -2.33. The Bertz CT molecular complexity index is 775. The van der Waals surface area contributed by atoms with E-state index in [-0.39, 0.29) is 30.0 Å². The van der Waals surface area contributed by atoms with Gasteiger partial charge in [0.05, 0.1) is 11.0 Å². The first-order chi connectivity index (χ1) is 12.0. The highest BCUT2D eigenvalue weighted by molar-refractivity contribution is 6.30. The molecule has 1 fully saturated rings. The molecule has 1 aliphatic carbocycles. The molecule has 1 aliphatic rings. The number of rotatable bonds is 7. The van der Waals surface area contributed by atoms with Gasteiger partial charge >= 0.3 is 5.69 Å². The number of amides is 1. The summed E-state index contributed by atoms with van der Waals surface area (Å²) in [5.74, 6) is 0.165. The van der Waals surface area contributed by atoms with Crippen molar-refractivity contribution in [2.75, 3.05) is 6.61 Å². The van der Waals surface area contributed by atoms with Crippen molar-refractivity contribution in [1.29, 1.82) is 0 Å². The van der Waals surface area contributed by atoms with Crippen LogP contribution in [0.4, 0.5) is 5.69 Å². The van der Waals surface area contributed by atoms with Gasteiger partial charge in [0.1, 0.15) is 0 Å². The molecule has 1 saturated carbocycles. The first kappa shape index (κ1) is 17.2. The average Bonchev–Trinajstić information content (AvgIpc) is 3.44. The van der Waals surface area contributed by atoms with E-state index in [2.05, 4.69) is 5.32 Å². The van der Waals surface area contributed by atoms with E-state index >= 15 is 0 Å². The van der Waals surface area contributed by atoms with E-state index in [1.54, 1.807) is 24.3 Å². The molecule has 1 atom stereocenters. The van der Waals surface area contributed by atoms with Gasteiger partial charge in [0.15, 0.2) is 12.4 Å². The minimum absolute atomic E-state index is 0.0807. The minimum atomic E-state index is -0.534. The summed E-state index contributed by atoms with van der Waals surface area (Å²) in [6.45, 7) is -0.276. The normalized spacial score (nSPS) is 14.6. The third-order valence-electron chi connectivity index (χ3n) is 4.06. The molecular weight excluding hydrogens is 344 g/mol. The highest BCUT2D eigenvalue weighted by Gasteiger charge is 2.33. The number of carbonyl (C=O) groups is 1. The van der Waals surface area contributed by atoms with Crippen LogP contribution in [0.2, 0.25) is 5.02 Å². The molecule has 3 rings (SSSR count). The Morgan fingerprint density at radius 1 is 1.24 bits per heavy atom. The van der Waals surface area contributed by atoms with Crippen molar-refractivity contribution in [3.05, 3.63) is 69.2 Å². The number of hydrogen-bond donors (Lipinski definition) is 1. The first-order valence-corrected chi connectivity index (χ1v) is 8.33. The molecule has 0 aliphatic heterocycles. The lowest BCUT2D eigenvalue weighted by atomic mass is 10.0. The van der Waals surface area contributed by atoms with Crippen LogP contribution in [0, 0.1) is 16.0 Å². The van der Waals surface area contributed by atoms with Gasteiger partial charge in [0.2, 0.25) is 0 Å². The maximum atomic E-state index is 12.2. The molecule has 2 aromatic carbocycles. The molecule has 0 bridgehead atoms. The molecule has 0 saturated heterocycles. The molecule has 1 N–H and O–H groups in total. The molecule has 0 unspecified atom stereocenters. The third kappa shape index (κ3) is 4.48. The molecular formula is C18H17ClN2O4. The van der Waals surface area contributed by atoms with E-state index in [0.29, 0.717) is 10.9 Å². The quantitative estimate of drug-likeness (QED) is 0.599. The summed E-state index contributed by atoms with van der Waals surface area (Å²) in [6, 6.07) is 13.3. The minimum Gasteiger partial charge on any atom is -0.477 e. The van der Waals surface area contributed by atoms with Crippen LogP contribution < -0.4 is 10.1 Å². The Balaban J connectivity index is 1.63. The third-order valence-corrected chi connectivity index (χ3v) is 4.31. The predicted octanol–water partition coefficient (Wildman–Crippen LogP) is 3.89. The fourth-order valence-corrected chi connectivity index (χ4v) is 2.79. The smallest absolute Gasteiger partial charge is 0.310 e. The van der Waals surface area contributed by atoms with Crippen LogP contribution >= 0.6 is 11.6 Å². The molecule has 6 nitrogen and oxygen atoms in total. The maximum absolute atomic E-state index is 12.2. The topological polar surface area (TPSA) is 81.5 Å². The van der Waals surface area contributed by atoms with Crippen LogP contribution in [0.3, 0.4) is 0 Å². The van der Waals surface area contributed by atoms with E-state index < -0.39 is 4.92 Å². The van der Waals surface area contributed by atoms with Crippen LogP contribution in [-0.4, -0.2) is 17.4 Å². The number of nitrogens with zero attached hydrogens (tertiary/aromatic N) is 1. The van der Waals surface area contributed by atoms with Crippen LogP contribution in [0.25, 0.3) is 0 Å². The monoisotopic (exact) mass is 360 g/mol. The summed E-state index contributed by atoms with van der Waals surface area (Å²) in [4.78, 5) is 22.7. The number of ether oxygens (including phenoxy) is 1. The Morgan fingerprint density at radius 2 is 1.92 bits per heavy atom. The molecule has 25 heavy (non-hydrogen) atoms. The Kier molecular flexibility index (Phi) is 5.19. The molecule has 0 radical (unpaired) electrons. The van der Waals surface area contributed by atoms with Crippen LogP contribution in [0.1, 0.15) is 24.4 Å². The van der Waals surface area contributed by atoms with Gasteiger partial charge in [0, 0.05) is 11.1 Å². The fourth-order valence-electron chi connectivity index (χ4n) is 2.66. The van der Waals surface area contributed by atoms with E-state index in [1.165, 1.54) is 12.1 Å². The number of hydrogen-bond acceptors (Lipinski definition) is 4. The summed E-state index contributed by atoms with van der Waals surface area (Å²) >= 11 is 5.91. The van der Waals surface area contributed by atoms with Gasteiger partial charge in [-0.25, -0.2) is 0 Å². The highest BCUT2D eigenvalue weighted by Crippen LogP contribution is 2.41. The molecule has 130 valence electrons. The van der Waals surface area contributed by atoms with Gasteiger partial charge in [-0.3, -0.25) is 14.9 Å². The number of benzene rings is 2. The van der Waals surface area contributed by atoms with Gasteiger partial charge < -0.3 is 10.1 Å². The van der Waals surface area contributed by atoms with Crippen LogP contribution in [0.15, 0.2) is 48.5 Å². The largest absolute Gasteiger partial charge is 0.477 e. The second kappa shape index (κ2) is 7.53. The van der Waals surface area contributed by atoms with Crippen molar-refractivity contribution in [2.24, 2.45) is 5.92 Å². The van der Waals surface area contributed by atoms with Crippen molar-refractivity contribution in [2.45, 2.75) is 18.9 Å². The first-order valence-electron chi connectivity index (χ1n) is 7.95. The van der Waals surface area contributed by atoms with E-state index in [4.69, 9.17) is 16.3 Å². The molecule has 1 amide bonds. The van der Waals surface area contributed by atoms with E-state index in [0.717, 1.165) is 18.4 Å². The number of nitro groups is 1. The van der Waals surface area contributed by atoms with Gasteiger partial charge in [-0.2, -0.15) is 0 Å². The standard InChI is InChI=1S/C18H17ClN2O4/c19-14-9-7-13(8-10-14)18(12-5-6-12)20-17(22)11-25-16-4-2-1-3-15(16)21(23)24/h1-4,7-10,12,18H,5-6,11H2,(H,20,22)/t18-/m0/s1. The lowest BCUT2D eigenvalue weighted by molar-refractivity contribution is -0.385. The summed E-state index contributed by atoms with van der Waals surface area (Å²) < 4.78 is 5.34. The van der Waals surface area contributed by atoms with Gasteiger partial charge in [0.25, 0.3) is 5.91 Å². The molecule has 0 heterocycles. The molecule has 7 heteroatoms. The summed E-state index contributed by atoms with van der Waals surface area (Å²) in [5.41, 5.74) is 0.831. The zero-order valence-corrected chi connectivity index (χ0v) is 14.1. The van der Waals surface area contributed by atoms with Crippen LogP contribution in [-0.2, 0) is 4.79 Å². The van der Waals surface area contributed by atoms with Crippen molar-refractivity contribution in [3.63, 3.8) is 0 Å². The Labute approximate surface area is 149 Å². The number of para-hydroxylation sites is 2. The lowest BCUT2D eigenvalue weighted by Gasteiger charge is -2.19. The fraction of sp³-hybridized carbons (Fsp3) is 0.278. The SMILES string of the molecule is O=C(COc1ccccc1[N+](=O)[O-])N[C@H](c1ccc(Cl)cc1)C1CC1. The maximum Gasteiger partial charge on any atom is 0.310 e. The van der Waals surface area contributed by atoms with Crippen molar-refractivity contribution in [3.8, 4) is 5.75 Å². The summed E-state index contributed by atoms with van der Waals surface area (Å²) in [7, 11) is 0. The highest BCUT2D eigenvalue weighted by atomic mass is 35.5.